The van der Waals surface area contributed by atoms with Gasteiger partial charge in [0.1, 0.15) is 11.6 Å². The lowest BCUT2D eigenvalue weighted by Crippen LogP contribution is -2.30. The summed E-state index contributed by atoms with van der Waals surface area (Å²) >= 11 is 0. The molecular weight excluding hydrogens is 478 g/mol. The van der Waals surface area contributed by atoms with Crippen molar-refractivity contribution in [2.45, 2.75) is 17.3 Å². The highest BCUT2D eigenvalue weighted by atomic mass is 32.2. The number of benzene rings is 2. The van der Waals surface area contributed by atoms with E-state index in [1.807, 2.05) is 0 Å². The van der Waals surface area contributed by atoms with Crippen LogP contribution in [0.25, 0.3) is 0 Å². The predicted octanol–water partition coefficient (Wildman–Crippen LogP) is 3.75. The highest BCUT2D eigenvalue weighted by Gasteiger charge is 2.44. The third kappa shape index (κ3) is 4.97. The van der Waals surface area contributed by atoms with Gasteiger partial charge in [0.25, 0.3) is 10.0 Å². The molecule has 1 aliphatic heterocycles. The van der Waals surface area contributed by atoms with Crippen molar-refractivity contribution in [3.8, 4) is 5.75 Å². The van der Waals surface area contributed by atoms with Gasteiger partial charge in [0.2, 0.25) is 0 Å². The first-order chi connectivity index (χ1) is 15.9. The first-order valence-corrected chi connectivity index (χ1v) is 11.5. The minimum atomic E-state index is -4.93. The van der Waals surface area contributed by atoms with E-state index >= 15 is 0 Å². The van der Waals surface area contributed by atoms with Crippen molar-refractivity contribution in [1.29, 1.82) is 0 Å². The number of imidazole rings is 1. The first-order valence-electron chi connectivity index (χ1n) is 10.1. The summed E-state index contributed by atoms with van der Waals surface area (Å²) in [6.07, 6.45) is -2.27. The third-order valence-electron chi connectivity index (χ3n) is 5.56. The molecule has 180 valence electrons. The molecule has 7 nitrogen and oxygen atoms in total. The van der Waals surface area contributed by atoms with Crippen molar-refractivity contribution in [1.82, 2.24) is 13.9 Å². The monoisotopic (exact) mass is 497 g/mol. The first kappa shape index (κ1) is 23.9. The molecule has 2 heterocycles. The Morgan fingerprint density at radius 3 is 2.44 bits per heavy atom. The number of carbonyl (C=O) groups is 1. The van der Waals surface area contributed by atoms with E-state index in [2.05, 4.69) is 9.72 Å². The molecule has 0 bridgehead atoms. The lowest BCUT2D eigenvalue weighted by atomic mass is 9.84. The van der Waals surface area contributed by atoms with Gasteiger partial charge in [-0.05, 0) is 29.8 Å². The fraction of sp³-hybridized carbons (Fsp3) is 0.273. The maximum absolute atomic E-state index is 13.5. The van der Waals surface area contributed by atoms with Crippen molar-refractivity contribution >= 4 is 15.8 Å². The van der Waals surface area contributed by atoms with E-state index in [1.165, 1.54) is 53.5 Å². The number of ether oxygens (including phenoxy) is 1. The SMILES string of the molecule is Cn1cnc(S(=O)(=O)N2CC(C(=O)c3cccc(OC(F)(F)F)c3)C(c3ccc(F)cc3)C2)c1. The number of alkyl halides is 3. The van der Waals surface area contributed by atoms with E-state index in [1.54, 1.807) is 7.05 Å². The second-order valence-corrected chi connectivity index (χ2v) is 9.79. The molecule has 2 atom stereocenters. The molecule has 1 aliphatic rings. The van der Waals surface area contributed by atoms with Gasteiger partial charge in [0, 0.05) is 43.7 Å². The molecule has 34 heavy (non-hydrogen) atoms. The Labute approximate surface area is 192 Å². The molecule has 12 heteroatoms. The zero-order valence-electron chi connectivity index (χ0n) is 17.7. The molecule has 0 spiro atoms. The number of aromatic nitrogens is 2. The molecular formula is C22H19F4N3O4S. The van der Waals surface area contributed by atoms with Gasteiger partial charge in [-0.15, -0.1) is 13.2 Å². The van der Waals surface area contributed by atoms with Crippen LogP contribution >= 0.6 is 0 Å². The quantitative estimate of drug-likeness (QED) is 0.383. The van der Waals surface area contributed by atoms with E-state index < -0.39 is 45.6 Å². The standard InChI is InChI=1S/C22H19F4N3O4S/c1-28-12-20(27-13-28)34(31,32)29-10-18(14-5-7-16(23)8-6-14)19(11-29)21(30)15-3-2-4-17(9-15)33-22(24,25)26/h2-9,12-13,18-19H,10-11H2,1H3. The molecule has 2 aromatic carbocycles. The maximum Gasteiger partial charge on any atom is 0.573 e. The van der Waals surface area contributed by atoms with Gasteiger partial charge < -0.3 is 9.30 Å². The number of sulfonamides is 1. The molecule has 0 aliphatic carbocycles. The van der Waals surface area contributed by atoms with Gasteiger partial charge in [-0.25, -0.2) is 17.8 Å². The van der Waals surface area contributed by atoms with Crippen LogP contribution in [-0.2, 0) is 17.1 Å². The van der Waals surface area contributed by atoms with Crippen LogP contribution in [0.5, 0.6) is 5.75 Å². The summed E-state index contributed by atoms with van der Waals surface area (Å²) in [5.41, 5.74) is 0.470. The number of ketones is 1. The van der Waals surface area contributed by atoms with Crippen molar-refractivity contribution in [3.05, 3.63) is 78.0 Å². The zero-order valence-corrected chi connectivity index (χ0v) is 18.6. The van der Waals surface area contributed by atoms with E-state index in [-0.39, 0.29) is 23.7 Å². The van der Waals surface area contributed by atoms with Gasteiger partial charge in [-0.3, -0.25) is 4.79 Å². The number of Topliss-reactive ketones (excluding diaryl/α,β-unsaturated/α-hetero) is 1. The minimum absolute atomic E-state index is 0.0593. The van der Waals surface area contributed by atoms with Gasteiger partial charge in [-0.2, -0.15) is 4.31 Å². The largest absolute Gasteiger partial charge is 0.573 e. The number of halogens is 4. The Balaban J connectivity index is 1.69. The summed E-state index contributed by atoms with van der Waals surface area (Å²) in [5.74, 6) is -3.20. The lowest BCUT2D eigenvalue weighted by Gasteiger charge is -2.18. The summed E-state index contributed by atoms with van der Waals surface area (Å²) in [5, 5.41) is -0.193. The van der Waals surface area contributed by atoms with Crippen LogP contribution in [0.15, 0.2) is 66.1 Å². The molecule has 1 fully saturated rings. The third-order valence-corrected chi connectivity index (χ3v) is 7.28. The average Bonchev–Trinajstić information content (AvgIpc) is 3.40. The van der Waals surface area contributed by atoms with Crippen LogP contribution < -0.4 is 4.74 Å². The van der Waals surface area contributed by atoms with Crippen molar-refractivity contribution < 1.29 is 35.5 Å². The van der Waals surface area contributed by atoms with Crippen LogP contribution in [0.3, 0.4) is 0 Å². The van der Waals surface area contributed by atoms with Crippen molar-refractivity contribution in [2.75, 3.05) is 13.1 Å². The van der Waals surface area contributed by atoms with E-state index in [0.29, 0.717) is 5.56 Å². The fourth-order valence-electron chi connectivity index (χ4n) is 3.99. The highest BCUT2D eigenvalue weighted by molar-refractivity contribution is 7.89. The normalized spacial score (nSPS) is 19.3. The summed E-state index contributed by atoms with van der Waals surface area (Å²) in [6, 6.07) is 9.93. The van der Waals surface area contributed by atoms with Crippen molar-refractivity contribution in [2.24, 2.45) is 13.0 Å². The Bertz CT molecular complexity index is 1310. The smallest absolute Gasteiger partial charge is 0.406 e. The lowest BCUT2D eigenvalue weighted by molar-refractivity contribution is -0.274. The number of rotatable bonds is 6. The van der Waals surface area contributed by atoms with Crippen LogP contribution in [0, 0.1) is 11.7 Å². The summed E-state index contributed by atoms with van der Waals surface area (Å²) in [6.45, 7) is -0.302. The van der Waals surface area contributed by atoms with Gasteiger partial charge in [0.05, 0.1) is 6.33 Å². The molecule has 1 saturated heterocycles. The molecule has 4 rings (SSSR count). The predicted molar refractivity (Wildman–Crippen MR) is 112 cm³/mol. The fourth-order valence-corrected chi connectivity index (χ4v) is 5.45. The van der Waals surface area contributed by atoms with Crippen LogP contribution in [0.1, 0.15) is 21.8 Å². The second kappa shape index (κ2) is 8.84. The summed E-state index contributed by atoms with van der Waals surface area (Å²) < 4.78 is 84.1. The number of nitrogens with zero attached hydrogens (tertiary/aromatic N) is 3. The van der Waals surface area contributed by atoms with Crippen LogP contribution in [-0.4, -0.2) is 47.5 Å². The second-order valence-electron chi connectivity index (χ2n) is 7.90. The van der Waals surface area contributed by atoms with E-state index in [9.17, 15) is 30.8 Å². The Kier molecular flexibility index (Phi) is 6.21. The molecule has 2 unspecified atom stereocenters. The van der Waals surface area contributed by atoms with Crippen molar-refractivity contribution in [3.63, 3.8) is 0 Å². The van der Waals surface area contributed by atoms with E-state index in [0.717, 1.165) is 16.4 Å². The number of hydrogen-bond donors (Lipinski definition) is 0. The van der Waals surface area contributed by atoms with E-state index in [4.69, 9.17) is 0 Å². The molecule has 0 amide bonds. The van der Waals surface area contributed by atoms with Crippen LogP contribution in [0.4, 0.5) is 17.6 Å². The number of aryl methyl sites for hydroxylation is 1. The van der Waals surface area contributed by atoms with Gasteiger partial charge >= 0.3 is 6.36 Å². The average molecular weight is 497 g/mol. The van der Waals surface area contributed by atoms with Crippen LogP contribution in [0.2, 0.25) is 0 Å². The van der Waals surface area contributed by atoms with Gasteiger partial charge in [0.15, 0.2) is 10.8 Å². The molecule has 0 N–H and O–H groups in total. The Morgan fingerprint density at radius 2 is 1.82 bits per heavy atom. The minimum Gasteiger partial charge on any atom is -0.406 e. The molecule has 3 aromatic rings. The number of carbonyl (C=O) groups excluding carboxylic acids is 1. The van der Waals surface area contributed by atoms with Gasteiger partial charge in [-0.1, -0.05) is 24.3 Å². The molecule has 0 radical (unpaired) electrons. The topological polar surface area (TPSA) is 81.5 Å². The highest BCUT2D eigenvalue weighted by Crippen LogP contribution is 2.38. The molecule has 1 aromatic heterocycles. The maximum atomic E-state index is 13.5. The summed E-state index contributed by atoms with van der Waals surface area (Å²) in [7, 11) is -2.44. The molecule has 0 saturated carbocycles. The Morgan fingerprint density at radius 1 is 1.12 bits per heavy atom. The number of hydrogen-bond acceptors (Lipinski definition) is 5. The zero-order chi connectivity index (χ0) is 24.7. The summed E-state index contributed by atoms with van der Waals surface area (Å²) in [4.78, 5) is 17.3. The Hall–Kier alpha value is -3.25.